The molecule has 0 bridgehead atoms. The number of aromatic nitrogens is 2. The Balaban J connectivity index is 1.06. The lowest BCUT2D eigenvalue weighted by Crippen LogP contribution is -2.46. The Morgan fingerprint density at radius 1 is 1.09 bits per heavy atom. The normalized spacial score (nSPS) is 15.6. The maximum atomic E-state index is 12.5. The van der Waals surface area contributed by atoms with E-state index in [2.05, 4.69) is 42.1 Å². The number of aromatic amines is 1. The number of nitrogens with zero attached hydrogens (tertiary/aromatic N) is 3. The van der Waals surface area contributed by atoms with E-state index < -0.39 is 15.8 Å². The number of rotatable bonds is 8. The molecule has 0 atom stereocenters. The molecule has 0 spiro atoms. The van der Waals surface area contributed by atoms with E-state index in [0.29, 0.717) is 12.1 Å². The largest absolute Gasteiger partial charge is 0.417 e. The maximum absolute atomic E-state index is 12.5. The van der Waals surface area contributed by atoms with Crippen molar-refractivity contribution in [3.8, 4) is 0 Å². The standard InChI is InChI=1S/C22H25N5O4S2/c28-22-24-18-8-7-16(15-19(18)31-22)33(29,30)23-9-3-4-10-26-11-13-27(14-12-26)21-17-5-1-2-6-20(17)32-25-21/h1-2,5-8,15,23H,3-4,9-14H2,(H,24,28). The van der Waals surface area contributed by atoms with Gasteiger partial charge in [-0.25, -0.2) is 17.9 Å². The average Bonchev–Trinajstić information content (AvgIpc) is 3.41. The van der Waals surface area contributed by atoms with Gasteiger partial charge in [0.05, 0.1) is 15.1 Å². The third-order valence-electron chi connectivity index (χ3n) is 5.93. The predicted octanol–water partition coefficient (Wildman–Crippen LogP) is 2.61. The van der Waals surface area contributed by atoms with E-state index in [1.165, 1.54) is 28.3 Å². The molecule has 1 saturated heterocycles. The number of piperazine rings is 1. The molecule has 0 radical (unpaired) electrons. The zero-order valence-electron chi connectivity index (χ0n) is 18.0. The van der Waals surface area contributed by atoms with Crippen molar-refractivity contribution >= 4 is 48.6 Å². The first-order valence-electron chi connectivity index (χ1n) is 10.9. The maximum Gasteiger partial charge on any atom is 0.417 e. The second kappa shape index (κ2) is 9.26. The molecule has 0 aliphatic carbocycles. The second-order valence-electron chi connectivity index (χ2n) is 8.11. The Hall–Kier alpha value is -2.73. The van der Waals surface area contributed by atoms with Crippen molar-refractivity contribution in [2.45, 2.75) is 17.7 Å². The molecule has 2 N–H and O–H groups in total. The van der Waals surface area contributed by atoms with Gasteiger partial charge in [0.1, 0.15) is 5.82 Å². The van der Waals surface area contributed by atoms with E-state index in [1.54, 1.807) is 11.5 Å². The summed E-state index contributed by atoms with van der Waals surface area (Å²) in [6.45, 7) is 5.13. The first kappa shape index (κ1) is 22.1. The van der Waals surface area contributed by atoms with Crippen molar-refractivity contribution in [1.82, 2.24) is 19.0 Å². The highest BCUT2D eigenvalue weighted by Crippen LogP contribution is 2.29. The van der Waals surface area contributed by atoms with Crippen LogP contribution in [0.25, 0.3) is 21.2 Å². The highest BCUT2D eigenvalue weighted by atomic mass is 32.2. The molecular weight excluding hydrogens is 462 g/mol. The highest BCUT2D eigenvalue weighted by molar-refractivity contribution is 7.89. The minimum atomic E-state index is -3.65. The number of H-pyrrole nitrogens is 1. The second-order valence-corrected chi connectivity index (χ2v) is 10.7. The Morgan fingerprint density at radius 2 is 1.91 bits per heavy atom. The molecule has 174 valence electrons. The van der Waals surface area contributed by atoms with Crippen molar-refractivity contribution < 1.29 is 12.8 Å². The summed E-state index contributed by atoms with van der Waals surface area (Å²) in [6, 6.07) is 12.7. The topological polar surface area (TPSA) is 112 Å². The lowest BCUT2D eigenvalue weighted by atomic mass is 10.2. The summed E-state index contributed by atoms with van der Waals surface area (Å²) < 4.78 is 38.5. The molecule has 1 aliphatic rings. The number of hydrogen-bond donors (Lipinski definition) is 2. The summed E-state index contributed by atoms with van der Waals surface area (Å²) in [5, 5.41) is 1.22. The molecule has 0 amide bonds. The van der Waals surface area contributed by atoms with Crippen LogP contribution in [0.2, 0.25) is 0 Å². The lowest BCUT2D eigenvalue weighted by molar-refractivity contribution is 0.253. The molecule has 2 aromatic heterocycles. The quantitative estimate of drug-likeness (QED) is 0.368. The van der Waals surface area contributed by atoms with Crippen LogP contribution in [-0.4, -0.2) is 61.9 Å². The zero-order chi connectivity index (χ0) is 22.8. The minimum absolute atomic E-state index is 0.0865. The number of unbranched alkanes of at least 4 members (excludes halogenated alkanes) is 1. The lowest BCUT2D eigenvalue weighted by Gasteiger charge is -2.35. The van der Waals surface area contributed by atoms with E-state index in [9.17, 15) is 13.2 Å². The number of nitrogens with one attached hydrogen (secondary N) is 2. The van der Waals surface area contributed by atoms with E-state index in [1.807, 2.05) is 6.07 Å². The van der Waals surface area contributed by atoms with Crippen LogP contribution in [0, 0.1) is 0 Å². The van der Waals surface area contributed by atoms with Crippen LogP contribution in [0.1, 0.15) is 12.8 Å². The molecule has 33 heavy (non-hydrogen) atoms. The zero-order valence-corrected chi connectivity index (χ0v) is 19.6. The van der Waals surface area contributed by atoms with E-state index in [4.69, 9.17) is 4.42 Å². The van der Waals surface area contributed by atoms with Crippen molar-refractivity contribution in [1.29, 1.82) is 0 Å². The highest BCUT2D eigenvalue weighted by Gasteiger charge is 2.20. The fourth-order valence-electron chi connectivity index (χ4n) is 4.13. The molecule has 2 aromatic carbocycles. The fraction of sp³-hybridized carbons (Fsp3) is 0.364. The smallest absolute Gasteiger partial charge is 0.408 e. The van der Waals surface area contributed by atoms with Gasteiger partial charge in [0, 0.05) is 44.2 Å². The Bertz CT molecular complexity index is 1420. The van der Waals surface area contributed by atoms with E-state index in [-0.39, 0.29) is 10.5 Å². The van der Waals surface area contributed by atoms with Gasteiger partial charge in [0.2, 0.25) is 10.0 Å². The monoisotopic (exact) mass is 487 g/mol. The molecular formula is C22H25N5O4S2. The molecule has 1 aliphatic heterocycles. The van der Waals surface area contributed by atoms with Gasteiger partial charge in [-0.05, 0) is 55.2 Å². The Labute approximate surface area is 195 Å². The molecule has 5 rings (SSSR count). The third-order valence-corrected chi connectivity index (χ3v) is 8.20. The van der Waals surface area contributed by atoms with Gasteiger partial charge in [-0.3, -0.25) is 9.88 Å². The first-order valence-corrected chi connectivity index (χ1v) is 13.2. The molecule has 0 saturated carbocycles. The van der Waals surface area contributed by atoms with Crippen molar-refractivity contribution in [2.75, 3.05) is 44.2 Å². The summed E-state index contributed by atoms with van der Waals surface area (Å²) >= 11 is 1.55. The number of sulfonamides is 1. The number of benzene rings is 2. The van der Waals surface area contributed by atoms with Crippen LogP contribution in [0.4, 0.5) is 5.82 Å². The van der Waals surface area contributed by atoms with Gasteiger partial charge in [0.15, 0.2) is 5.58 Å². The average molecular weight is 488 g/mol. The molecule has 4 aromatic rings. The van der Waals surface area contributed by atoms with E-state index in [0.717, 1.165) is 51.4 Å². The van der Waals surface area contributed by atoms with Crippen LogP contribution in [0.5, 0.6) is 0 Å². The van der Waals surface area contributed by atoms with Crippen LogP contribution in [0.15, 0.2) is 56.6 Å². The molecule has 9 nitrogen and oxygen atoms in total. The van der Waals surface area contributed by atoms with Crippen molar-refractivity contribution in [3.63, 3.8) is 0 Å². The van der Waals surface area contributed by atoms with Crippen LogP contribution in [-0.2, 0) is 10.0 Å². The van der Waals surface area contributed by atoms with Gasteiger partial charge >= 0.3 is 5.76 Å². The summed E-state index contributed by atoms with van der Waals surface area (Å²) in [4.78, 5) is 18.6. The Morgan fingerprint density at radius 3 is 2.76 bits per heavy atom. The third kappa shape index (κ3) is 4.81. The number of oxazole rings is 1. The summed E-state index contributed by atoms with van der Waals surface area (Å²) in [6.07, 6.45) is 1.66. The van der Waals surface area contributed by atoms with Crippen LogP contribution >= 0.6 is 11.5 Å². The summed E-state index contributed by atoms with van der Waals surface area (Å²) in [5.41, 5.74) is 0.703. The predicted molar refractivity (Wildman–Crippen MR) is 130 cm³/mol. The van der Waals surface area contributed by atoms with Gasteiger partial charge in [-0.1, -0.05) is 12.1 Å². The molecule has 1 fully saturated rings. The molecule has 0 unspecified atom stereocenters. The van der Waals surface area contributed by atoms with E-state index >= 15 is 0 Å². The summed E-state index contributed by atoms with van der Waals surface area (Å²) in [7, 11) is -3.65. The van der Waals surface area contributed by atoms with Gasteiger partial charge in [-0.2, -0.15) is 4.37 Å². The Kier molecular flexibility index (Phi) is 6.19. The van der Waals surface area contributed by atoms with Crippen molar-refractivity contribution in [3.05, 3.63) is 53.0 Å². The van der Waals surface area contributed by atoms with Crippen LogP contribution in [0.3, 0.4) is 0 Å². The SMILES string of the molecule is O=c1[nH]c2ccc(S(=O)(=O)NCCCCN3CCN(c4nsc5ccccc45)CC3)cc2o1. The van der Waals surface area contributed by atoms with Crippen molar-refractivity contribution in [2.24, 2.45) is 0 Å². The number of hydrogen-bond acceptors (Lipinski definition) is 8. The van der Waals surface area contributed by atoms with Gasteiger partial charge in [0.25, 0.3) is 0 Å². The number of fused-ring (bicyclic) bond motifs is 2. The summed E-state index contributed by atoms with van der Waals surface area (Å²) in [5.74, 6) is 0.482. The fourth-order valence-corrected chi connectivity index (χ4v) is 6.01. The molecule has 11 heteroatoms. The number of anilines is 1. The first-order chi connectivity index (χ1) is 16.0. The van der Waals surface area contributed by atoms with Gasteiger partial charge < -0.3 is 9.32 Å². The minimum Gasteiger partial charge on any atom is -0.408 e. The van der Waals surface area contributed by atoms with Gasteiger partial charge in [-0.15, -0.1) is 0 Å². The molecule has 3 heterocycles. The van der Waals surface area contributed by atoms with Crippen LogP contribution < -0.4 is 15.4 Å².